The number of aromatic nitrogens is 2. The lowest BCUT2D eigenvalue weighted by molar-refractivity contribution is -0.146. The van der Waals surface area contributed by atoms with Gasteiger partial charge in [-0.3, -0.25) is 4.79 Å². The summed E-state index contributed by atoms with van der Waals surface area (Å²) in [7, 11) is 4.54. The van der Waals surface area contributed by atoms with Gasteiger partial charge < -0.3 is 32.8 Å². The van der Waals surface area contributed by atoms with Gasteiger partial charge in [-0.25, -0.2) is 0 Å². The van der Waals surface area contributed by atoms with E-state index in [1.807, 2.05) is 6.92 Å². The fraction of sp³-hybridized carbons (Fsp3) is 0.348. The van der Waals surface area contributed by atoms with Crippen molar-refractivity contribution in [3.8, 4) is 40.2 Å². The van der Waals surface area contributed by atoms with E-state index in [9.17, 15) is 4.79 Å². The van der Waals surface area contributed by atoms with Crippen LogP contribution in [-0.2, 0) is 16.1 Å². The number of carbonyl (C=O) groups excluding carboxylic acids is 1. The molecule has 3 rings (SSSR count). The largest absolute Gasteiger partial charge is 0.494 e. The Morgan fingerprint density at radius 3 is 2.12 bits per heavy atom. The second-order valence-corrected chi connectivity index (χ2v) is 6.58. The standard InChI is InChI=1S/C23H26N2O8/c1-5-30-16-6-8-17(9-7-16)31-11-10-21(26)32-14-20-24-25-23(33-20)15-12-18(27-2)22(29-4)19(13-15)28-3/h6-9,12-13H,5,10-11,14H2,1-4H3. The average Bonchev–Trinajstić information content (AvgIpc) is 3.32. The average molecular weight is 458 g/mol. The van der Waals surface area contributed by atoms with Crippen molar-refractivity contribution in [2.75, 3.05) is 34.5 Å². The Morgan fingerprint density at radius 2 is 1.55 bits per heavy atom. The Bertz CT molecular complexity index is 1020. The fourth-order valence-corrected chi connectivity index (χ4v) is 2.90. The van der Waals surface area contributed by atoms with Gasteiger partial charge in [0, 0.05) is 5.56 Å². The third-order valence-electron chi connectivity index (χ3n) is 4.44. The molecule has 0 bridgehead atoms. The lowest BCUT2D eigenvalue weighted by Gasteiger charge is -2.12. The van der Waals surface area contributed by atoms with Crippen molar-refractivity contribution in [2.45, 2.75) is 20.0 Å². The number of benzene rings is 2. The zero-order valence-electron chi connectivity index (χ0n) is 19.0. The maximum absolute atomic E-state index is 12.0. The van der Waals surface area contributed by atoms with Crippen molar-refractivity contribution < 1.29 is 37.6 Å². The molecule has 10 nitrogen and oxygen atoms in total. The molecule has 0 unspecified atom stereocenters. The molecule has 176 valence electrons. The Hall–Kier alpha value is -3.95. The van der Waals surface area contributed by atoms with Gasteiger partial charge in [0.15, 0.2) is 18.1 Å². The van der Waals surface area contributed by atoms with Gasteiger partial charge in [-0.2, -0.15) is 0 Å². The summed E-state index contributed by atoms with van der Waals surface area (Å²) in [5, 5.41) is 7.92. The quantitative estimate of drug-likeness (QED) is 0.373. The third kappa shape index (κ3) is 6.28. The van der Waals surface area contributed by atoms with Crippen molar-refractivity contribution in [3.63, 3.8) is 0 Å². The van der Waals surface area contributed by atoms with Gasteiger partial charge in [-0.15, -0.1) is 10.2 Å². The monoisotopic (exact) mass is 458 g/mol. The first-order valence-corrected chi connectivity index (χ1v) is 10.2. The van der Waals surface area contributed by atoms with Crippen molar-refractivity contribution in [1.82, 2.24) is 10.2 Å². The number of rotatable bonds is 12. The van der Waals surface area contributed by atoms with Gasteiger partial charge in [-0.1, -0.05) is 0 Å². The van der Waals surface area contributed by atoms with Gasteiger partial charge >= 0.3 is 5.97 Å². The van der Waals surface area contributed by atoms with E-state index in [4.69, 9.17) is 32.8 Å². The lowest BCUT2D eigenvalue weighted by Crippen LogP contribution is -2.10. The molecule has 2 aromatic carbocycles. The summed E-state index contributed by atoms with van der Waals surface area (Å²) in [4.78, 5) is 12.0. The van der Waals surface area contributed by atoms with Crippen LogP contribution in [-0.4, -0.2) is 50.7 Å². The summed E-state index contributed by atoms with van der Waals surface area (Å²) in [6.45, 7) is 2.53. The molecule has 0 radical (unpaired) electrons. The van der Waals surface area contributed by atoms with Gasteiger partial charge in [0.2, 0.25) is 11.6 Å². The highest BCUT2D eigenvalue weighted by molar-refractivity contribution is 5.69. The molecule has 0 aliphatic carbocycles. The number of methoxy groups -OCH3 is 3. The minimum atomic E-state index is -0.450. The van der Waals surface area contributed by atoms with Crippen LogP contribution in [0.4, 0.5) is 0 Å². The van der Waals surface area contributed by atoms with Crippen molar-refractivity contribution >= 4 is 5.97 Å². The van der Waals surface area contributed by atoms with E-state index in [0.717, 1.165) is 5.75 Å². The summed E-state index contributed by atoms with van der Waals surface area (Å²) in [6.07, 6.45) is 0.0705. The molecule has 0 aliphatic rings. The molecule has 1 heterocycles. The van der Waals surface area contributed by atoms with E-state index in [0.29, 0.717) is 35.2 Å². The van der Waals surface area contributed by atoms with Gasteiger partial charge in [-0.05, 0) is 43.3 Å². The van der Waals surface area contributed by atoms with Crippen molar-refractivity contribution in [3.05, 3.63) is 42.3 Å². The highest BCUT2D eigenvalue weighted by Gasteiger charge is 2.18. The first kappa shape index (κ1) is 23.7. The van der Waals surface area contributed by atoms with Crippen LogP contribution in [0.1, 0.15) is 19.2 Å². The summed E-state index contributed by atoms with van der Waals surface area (Å²) in [5.74, 6) is 2.67. The summed E-state index contributed by atoms with van der Waals surface area (Å²) in [6, 6.07) is 10.5. The predicted molar refractivity (Wildman–Crippen MR) is 117 cm³/mol. The molecule has 0 saturated heterocycles. The second kappa shape index (κ2) is 11.6. The molecule has 10 heteroatoms. The number of carbonyl (C=O) groups is 1. The molecule has 0 atom stereocenters. The zero-order chi connectivity index (χ0) is 23.6. The maximum Gasteiger partial charge on any atom is 0.309 e. The second-order valence-electron chi connectivity index (χ2n) is 6.58. The minimum Gasteiger partial charge on any atom is -0.494 e. The topological polar surface area (TPSA) is 111 Å². The molecule has 0 amide bonds. The van der Waals surface area contributed by atoms with Crippen LogP contribution in [0.25, 0.3) is 11.5 Å². The van der Waals surface area contributed by atoms with Crippen LogP contribution >= 0.6 is 0 Å². The van der Waals surface area contributed by atoms with Crippen LogP contribution in [0.5, 0.6) is 28.7 Å². The normalized spacial score (nSPS) is 10.4. The molecule has 0 saturated carbocycles. The van der Waals surface area contributed by atoms with E-state index in [1.54, 1.807) is 36.4 Å². The molecule has 0 aliphatic heterocycles. The predicted octanol–water partition coefficient (Wildman–Crippen LogP) is 3.67. The molecular formula is C23H26N2O8. The third-order valence-corrected chi connectivity index (χ3v) is 4.44. The highest BCUT2D eigenvalue weighted by Crippen LogP contribution is 2.40. The minimum absolute atomic E-state index is 0.0705. The first-order chi connectivity index (χ1) is 16.1. The van der Waals surface area contributed by atoms with E-state index in [1.165, 1.54) is 21.3 Å². The Morgan fingerprint density at radius 1 is 0.909 bits per heavy atom. The molecule has 1 aromatic heterocycles. The van der Waals surface area contributed by atoms with Crippen LogP contribution in [0.15, 0.2) is 40.8 Å². The molecule has 0 fully saturated rings. The van der Waals surface area contributed by atoms with Crippen LogP contribution < -0.4 is 23.7 Å². The zero-order valence-corrected chi connectivity index (χ0v) is 19.0. The van der Waals surface area contributed by atoms with Crippen molar-refractivity contribution in [2.24, 2.45) is 0 Å². The lowest BCUT2D eigenvalue weighted by atomic mass is 10.2. The van der Waals surface area contributed by atoms with Crippen LogP contribution in [0.3, 0.4) is 0 Å². The van der Waals surface area contributed by atoms with E-state index >= 15 is 0 Å². The van der Waals surface area contributed by atoms with Gasteiger partial charge in [0.1, 0.15) is 11.5 Å². The number of esters is 1. The number of nitrogens with zero attached hydrogens (tertiary/aromatic N) is 2. The molecule has 3 aromatic rings. The van der Waals surface area contributed by atoms with Gasteiger partial charge in [0.25, 0.3) is 5.89 Å². The van der Waals surface area contributed by atoms with Crippen LogP contribution in [0, 0.1) is 0 Å². The van der Waals surface area contributed by atoms with E-state index in [-0.39, 0.29) is 31.4 Å². The Kier molecular flexibility index (Phi) is 8.34. The Balaban J connectivity index is 1.51. The van der Waals surface area contributed by atoms with E-state index in [2.05, 4.69) is 10.2 Å². The molecule has 33 heavy (non-hydrogen) atoms. The maximum atomic E-state index is 12.0. The SMILES string of the molecule is CCOc1ccc(OCCC(=O)OCc2nnc(-c3cc(OC)c(OC)c(OC)c3)o2)cc1. The summed E-state index contributed by atoms with van der Waals surface area (Å²) < 4.78 is 37.7. The number of ether oxygens (including phenoxy) is 6. The van der Waals surface area contributed by atoms with Crippen molar-refractivity contribution in [1.29, 1.82) is 0 Å². The van der Waals surface area contributed by atoms with Gasteiger partial charge in [0.05, 0.1) is 41.0 Å². The summed E-state index contributed by atoms with van der Waals surface area (Å²) >= 11 is 0. The number of hydrogen-bond acceptors (Lipinski definition) is 10. The highest BCUT2D eigenvalue weighted by atomic mass is 16.5. The summed E-state index contributed by atoms with van der Waals surface area (Å²) in [5.41, 5.74) is 0.568. The van der Waals surface area contributed by atoms with E-state index < -0.39 is 5.97 Å². The Labute approximate surface area is 191 Å². The molecular weight excluding hydrogens is 432 g/mol. The molecule has 0 spiro atoms. The fourth-order valence-electron chi connectivity index (χ4n) is 2.90. The van der Waals surface area contributed by atoms with Crippen LogP contribution in [0.2, 0.25) is 0 Å². The number of hydrogen-bond donors (Lipinski definition) is 0. The smallest absolute Gasteiger partial charge is 0.309 e. The molecule has 0 N–H and O–H groups in total. The first-order valence-electron chi connectivity index (χ1n) is 10.2.